The predicted molar refractivity (Wildman–Crippen MR) is 57.6 cm³/mol. The van der Waals surface area contributed by atoms with Gasteiger partial charge < -0.3 is 15.4 Å². The lowest BCUT2D eigenvalue weighted by atomic mass is 9.98. The van der Waals surface area contributed by atoms with Crippen LogP contribution in [0.1, 0.15) is 26.2 Å². The Morgan fingerprint density at radius 3 is 2.93 bits per heavy atom. The van der Waals surface area contributed by atoms with Gasteiger partial charge in [-0.05, 0) is 38.8 Å². The summed E-state index contributed by atoms with van der Waals surface area (Å²) >= 11 is 0. The summed E-state index contributed by atoms with van der Waals surface area (Å²) in [5, 5.41) is 6.20. The fraction of sp³-hybridized carbons (Fsp3) is 0.909. The van der Waals surface area contributed by atoms with Crippen LogP contribution in [0.25, 0.3) is 0 Å². The van der Waals surface area contributed by atoms with E-state index >= 15 is 0 Å². The molecule has 0 radical (unpaired) electrons. The summed E-state index contributed by atoms with van der Waals surface area (Å²) in [6.07, 6.45) is 3.09. The first-order chi connectivity index (χ1) is 7.25. The largest absolute Gasteiger partial charge is 0.376 e. The Labute approximate surface area is 90.8 Å². The maximum absolute atomic E-state index is 11.6. The van der Waals surface area contributed by atoms with Gasteiger partial charge in [0.1, 0.15) is 0 Å². The molecule has 15 heavy (non-hydrogen) atoms. The molecule has 2 N–H and O–H groups in total. The molecule has 1 amide bonds. The lowest BCUT2D eigenvalue weighted by molar-refractivity contribution is -0.123. The summed E-state index contributed by atoms with van der Waals surface area (Å²) in [6, 6.07) is 0.160. The van der Waals surface area contributed by atoms with Crippen molar-refractivity contribution < 1.29 is 9.53 Å². The molecule has 0 aromatic carbocycles. The number of hydrogen-bond donors (Lipinski definition) is 2. The number of hydrogen-bond acceptors (Lipinski definition) is 3. The first kappa shape index (κ1) is 10.9. The number of carbonyl (C=O) groups is 1. The van der Waals surface area contributed by atoms with Gasteiger partial charge in [0, 0.05) is 13.0 Å². The van der Waals surface area contributed by atoms with Crippen LogP contribution in [-0.2, 0) is 9.53 Å². The van der Waals surface area contributed by atoms with Gasteiger partial charge in [-0.15, -0.1) is 0 Å². The molecule has 2 aliphatic rings. The van der Waals surface area contributed by atoms with Gasteiger partial charge >= 0.3 is 0 Å². The zero-order chi connectivity index (χ0) is 10.7. The van der Waals surface area contributed by atoms with E-state index in [4.69, 9.17) is 4.74 Å². The van der Waals surface area contributed by atoms with Gasteiger partial charge in [0.05, 0.1) is 12.1 Å². The Kier molecular flexibility index (Phi) is 3.59. The number of carbonyl (C=O) groups excluding carboxylic acids is 1. The third-order valence-corrected chi connectivity index (χ3v) is 3.25. The molecular formula is C11H20N2O2. The third-order valence-electron chi connectivity index (χ3n) is 3.25. The van der Waals surface area contributed by atoms with Crippen LogP contribution in [0, 0.1) is 5.92 Å². The number of ether oxygens (including phenoxy) is 1. The van der Waals surface area contributed by atoms with Gasteiger partial charge in [0.25, 0.3) is 0 Å². The van der Waals surface area contributed by atoms with Crippen LogP contribution >= 0.6 is 0 Å². The standard InChI is InChI=1S/C11H20N2O2/c1-8(10-3-2-4-15-10)13-11(14)5-9-6-12-7-9/h8-10,12H,2-7H2,1H3,(H,13,14). The summed E-state index contributed by atoms with van der Waals surface area (Å²) in [4.78, 5) is 11.6. The Morgan fingerprint density at radius 2 is 2.40 bits per heavy atom. The van der Waals surface area contributed by atoms with E-state index in [0.717, 1.165) is 32.5 Å². The smallest absolute Gasteiger partial charge is 0.220 e. The summed E-state index contributed by atoms with van der Waals surface area (Å²) in [7, 11) is 0. The second kappa shape index (κ2) is 4.94. The SMILES string of the molecule is CC(NC(=O)CC1CNC1)C1CCCO1. The van der Waals surface area contributed by atoms with Crippen LogP contribution in [0.15, 0.2) is 0 Å². The molecule has 4 nitrogen and oxygen atoms in total. The average Bonchev–Trinajstić information content (AvgIpc) is 2.64. The summed E-state index contributed by atoms with van der Waals surface area (Å²) < 4.78 is 5.53. The van der Waals surface area contributed by atoms with E-state index in [0.29, 0.717) is 12.3 Å². The Balaban J connectivity index is 1.67. The van der Waals surface area contributed by atoms with Crippen LogP contribution in [0.5, 0.6) is 0 Å². The van der Waals surface area contributed by atoms with Crippen LogP contribution in [0.4, 0.5) is 0 Å². The number of amides is 1. The molecule has 0 aromatic rings. The van der Waals surface area contributed by atoms with Crippen LogP contribution in [-0.4, -0.2) is 37.7 Å². The molecule has 0 bridgehead atoms. The average molecular weight is 212 g/mol. The van der Waals surface area contributed by atoms with Crippen molar-refractivity contribution in [3.05, 3.63) is 0 Å². The molecule has 0 saturated carbocycles. The molecule has 2 atom stereocenters. The van der Waals surface area contributed by atoms with Crippen LogP contribution in [0.2, 0.25) is 0 Å². The van der Waals surface area contributed by atoms with E-state index in [-0.39, 0.29) is 18.1 Å². The molecule has 0 spiro atoms. The van der Waals surface area contributed by atoms with Gasteiger partial charge in [-0.1, -0.05) is 0 Å². The Hall–Kier alpha value is -0.610. The minimum Gasteiger partial charge on any atom is -0.376 e. The monoisotopic (exact) mass is 212 g/mol. The highest BCUT2D eigenvalue weighted by molar-refractivity contribution is 5.76. The maximum atomic E-state index is 11.6. The van der Waals surface area contributed by atoms with E-state index in [1.54, 1.807) is 0 Å². The van der Waals surface area contributed by atoms with E-state index < -0.39 is 0 Å². The summed E-state index contributed by atoms with van der Waals surface area (Å²) in [5.74, 6) is 0.714. The van der Waals surface area contributed by atoms with Crippen molar-refractivity contribution in [1.29, 1.82) is 0 Å². The van der Waals surface area contributed by atoms with Gasteiger partial charge in [-0.2, -0.15) is 0 Å². The highest BCUT2D eigenvalue weighted by atomic mass is 16.5. The van der Waals surface area contributed by atoms with Crippen LogP contribution < -0.4 is 10.6 Å². The molecule has 2 heterocycles. The molecule has 2 rings (SSSR count). The van der Waals surface area contributed by atoms with E-state index in [2.05, 4.69) is 10.6 Å². The molecule has 2 saturated heterocycles. The fourth-order valence-corrected chi connectivity index (χ4v) is 2.16. The summed E-state index contributed by atoms with van der Waals surface area (Å²) in [5.41, 5.74) is 0. The van der Waals surface area contributed by atoms with Crippen molar-refractivity contribution in [2.75, 3.05) is 19.7 Å². The molecule has 0 aromatic heterocycles. The normalized spacial score (nSPS) is 28.5. The maximum Gasteiger partial charge on any atom is 0.220 e. The molecule has 86 valence electrons. The molecule has 2 aliphatic heterocycles. The zero-order valence-electron chi connectivity index (χ0n) is 9.29. The minimum atomic E-state index is 0.160. The fourth-order valence-electron chi connectivity index (χ4n) is 2.16. The van der Waals surface area contributed by atoms with Crippen molar-refractivity contribution in [2.24, 2.45) is 5.92 Å². The van der Waals surface area contributed by atoms with Gasteiger partial charge in [0.2, 0.25) is 5.91 Å². The van der Waals surface area contributed by atoms with Gasteiger partial charge in [-0.25, -0.2) is 0 Å². The Bertz CT molecular complexity index is 223. The summed E-state index contributed by atoms with van der Waals surface area (Å²) in [6.45, 7) is 4.85. The van der Waals surface area contributed by atoms with Crippen molar-refractivity contribution >= 4 is 5.91 Å². The van der Waals surface area contributed by atoms with E-state index in [1.165, 1.54) is 0 Å². The number of rotatable bonds is 4. The van der Waals surface area contributed by atoms with Gasteiger partial charge in [-0.3, -0.25) is 4.79 Å². The number of nitrogens with one attached hydrogen (secondary N) is 2. The first-order valence-electron chi connectivity index (χ1n) is 5.87. The molecule has 4 heteroatoms. The van der Waals surface area contributed by atoms with Crippen molar-refractivity contribution in [3.63, 3.8) is 0 Å². The highest BCUT2D eigenvalue weighted by Gasteiger charge is 2.25. The third kappa shape index (κ3) is 2.92. The molecule has 0 aliphatic carbocycles. The Morgan fingerprint density at radius 1 is 1.60 bits per heavy atom. The first-order valence-corrected chi connectivity index (χ1v) is 5.87. The molecular weight excluding hydrogens is 192 g/mol. The van der Waals surface area contributed by atoms with Crippen LogP contribution in [0.3, 0.4) is 0 Å². The van der Waals surface area contributed by atoms with Gasteiger partial charge in [0.15, 0.2) is 0 Å². The van der Waals surface area contributed by atoms with E-state index in [1.807, 2.05) is 6.92 Å². The molecule has 2 unspecified atom stereocenters. The molecule has 2 fully saturated rings. The predicted octanol–water partition coefficient (Wildman–Crippen LogP) is 0.280. The topological polar surface area (TPSA) is 50.4 Å². The highest BCUT2D eigenvalue weighted by Crippen LogP contribution is 2.16. The zero-order valence-corrected chi connectivity index (χ0v) is 9.29. The van der Waals surface area contributed by atoms with Crippen molar-refractivity contribution in [1.82, 2.24) is 10.6 Å². The van der Waals surface area contributed by atoms with Crippen molar-refractivity contribution in [3.8, 4) is 0 Å². The lowest BCUT2D eigenvalue weighted by Gasteiger charge is -2.27. The van der Waals surface area contributed by atoms with Crippen molar-refractivity contribution in [2.45, 2.75) is 38.3 Å². The second-order valence-electron chi connectivity index (χ2n) is 4.64. The lowest BCUT2D eigenvalue weighted by Crippen LogP contribution is -2.47. The quantitative estimate of drug-likeness (QED) is 0.704. The second-order valence-corrected chi connectivity index (χ2v) is 4.64. The minimum absolute atomic E-state index is 0.160. The van der Waals surface area contributed by atoms with E-state index in [9.17, 15) is 4.79 Å².